The second-order valence-electron chi connectivity index (χ2n) is 5.50. The fourth-order valence-corrected chi connectivity index (χ4v) is 2.07. The summed E-state index contributed by atoms with van der Waals surface area (Å²) in [7, 11) is 4.01. The monoisotopic (exact) mass is 296 g/mol. The number of aryl methyl sites for hydroxylation is 1. The van der Waals surface area contributed by atoms with Gasteiger partial charge >= 0.3 is 0 Å². The van der Waals surface area contributed by atoms with E-state index in [1.54, 1.807) is 0 Å². The van der Waals surface area contributed by atoms with Crippen LogP contribution in [0.3, 0.4) is 0 Å². The van der Waals surface area contributed by atoms with Gasteiger partial charge in [-0.1, -0.05) is 36.4 Å². The number of nitrogens with one attached hydrogen (secondary N) is 1. The van der Waals surface area contributed by atoms with E-state index in [2.05, 4.69) is 33.5 Å². The van der Waals surface area contributed by atoms with Gasteiger partial charge in [0.2, 0.25) is 0 Å². The molecule has 0 radical (unpaired) electrons. The topological polar surface area (TPSA) is 40.5 Å². The van der Waals surface area contributed by atoms with E-state index in [9.17, 15) is 0 Å². The molecule has 0 saturated carbocycles. The Balaban J connectivity index is 1.87. The third-order valence-electron chi connectivity index (χ3n) is 3.35. The molecule has 4 nitrogen and oxygen atoms in total. The molecule has 0 atom stereocenters. The molecule has 0 fully saturated rings. The molecule has 1 aromatic heterocycles. The first-order valence-corrected chi connectivity index (χ1v) is 7.56. The molecule has 1 N–H and O–H groups in total. The van der Waals surface area contributed by atoms with Gasteiger partial charge in [-0.3, -0.25) is 4.98 Å². The van der Waals surface area contributed by atoms with Crippen molar-refractivity contribution in [1.82, 2.24) is 15.2 Å². The highest BCUT2D eigenvalue weighted by molar-refractivity contribution is 5.79. The van der Waals surface area contributed by atoms with Crippen molar-refractivity contribution in [3.63, 3.8) is 0 Å². The van der Waals surface area contributed by atoms with Crippen molar-refractivity contribution in [3.8, 4) is 0 Å². The highest BCUT2D eigenvalue weighted by Gasteiger charge is 2.02. The van der Waals surface area contributed by atoms with Gasteiger partial charge in [-0.05, 0) is 30.5 Å². The quantitative estimate of drug-likeness (QED) is 0.681. The third kappa shape index (κ3) is 5.20. The Morgan fingerprint density at radius 1 is 1.09 bits per heavy atom. The molecule has 0 amide bonds. The number of aromatic nitrogens is 1. The summed E-state index contributed by atoms with van der Waals surface area (Å²) < 4.78 is 0. The SMILES string of the molecule is Cc1ccc(CCNC(=NCc2ccccc2)N(C)C)cn1. The van der Waals surface area contributed by atoms with E-state index in [4.69, 9.17) is 0 Å². The Morgan fingerprint density at radius 2 is 1.86 bits per heavy atom. The highest BCUT2D eigenvalue weighted by atomic mass is 15.3. The van der Waals surface area contributed by atoms with E-state index in [-0.39, 0.29) is 0 Å². The van der Waals surface area contributed by atoms with Gasteiger partial charge in [0.15, 0.2) is 5.96 Å². The molecule has 22 heavy (non-hydrogen) atoms. The van der Waals surface area contributed by atoms with Gasteiger partial charge in [-0.15, -0.1) is 0 Å². The van der Waals surface area contributed by atoms with Gasteiger partial charge in [-0.25, -0.2) is 4.99 Å². The van der Waals surface area contributed by atoms with Crippen molar-refractivity contribution in [1.29, 1.82) is 0 Å². The smallest absolute Gasteiger partial charge is 0.193 e. The van der Waals surface area contributed by atoms with E-state index in [0.717, 1.165) is 24.6 Å². The van der Waals surface area contributed by atoms with Gasteiger partial charge < -0.3 is 10.2 Å². The Hall–Kier alpha value is -2.36. The molecule has 0 aliphatic carbocycles. The Kier molecular flexibility index (Phi) is 5.95. The van der Waals surface area contributed by atoms with Gasteiger partial charge in [0, 0.05) is 32.5 Å². The molecule has 1 heterocycles. The maximum atomic E-state index is 4.65. The van der Waals surface area contributed by atoms with E-state index in [1.807, 2.05) is 56.4 Å². The number of guanidine groups is 1. The minimum atomic E-state index is 0.688. The second-order valence-corrected chi connectivity index (χ2v) is 5.50. The molecular formula is C18H24N4. The van der Waals surface area contributed by atoms with Gasteiger partial charge in [0.25, 0.3) is 0 Å². The van der Waals surface area contributed by atoms with E-state index in [1.165, 1.54) is 11.1 Å². The van der Waals surface area contributed by atoms with Crippen LogP contribution in [0.1, 0.15) is 16.8 Å². The van der Waals surface area contributed by atoms with Crippen molar-refractivity contribution in [2.45, 2.75) is 19.9 Å². The summed E-state index contributed by atoms with van der Waals surface area (Å²) in [5, 5.41) is 3.40. The van der Waals surface area contributed by atoms with Gasteiger partial charge in [-0.2, -0.15) is 0 Å². The standard InChI is InChI=1S/C18H24N4/c1-15-9-10-17(13-20-15)11-12-19-18(22(2)3)21-14-16-7-5-4-6-8-16/h4-10,13H,11-12,14H2,1-3H3,(H,19,21). The van der Waals surface area contributed by atoms with Crippen LogP contribution in [-0.2, 0) is 13.0 Å². The first-order valence-electron chi connectivity index (χ1n) is 7.56. The molecule has 0 unspecified atom stereocenters. The maximum Gasteiger partial charge on any atom is 0.193 e. The molecule has 2 aromatic rings. The normalized spacial score (nSPS) is 11.3. The first kappa shape index (κ1) is 16.0. The van der Waals surface area contributed by atoms with Crippen LogP contribution in [0.2, 0.25) is 0 Å². The van der Waals surface area contributed by atoms with Crippen LogP contribution in [0, 0.1) is 6.92 Å². The first-order chi connectivity index (χ1) is 10.6. The van der Waals surface area contributed by atoms with Crippen molar-refractivity contribution < 1.29 is 0 Å². The fraction of sp³-hybridized carbons (Fsp3) is 0.333. The van der Waals surface area contributed by atoms with E-state index in [0.29, 0.717) is 6.54 Å². The Morgan fingerprint density at radius 3 is 2.50 bits per heavy atom. The minimum absolute atomic E-state index is 0.688. The van der Waals surface area contributed by atoms with Crippen molar-refractivity contribution in [2.24, 2.45) is 4.99 Å². The van der Waals surface area contributed by atoms with Crippen LogP contribution in [0.5, 0.6) is 0 Å². The van der Waals surface area contributed by atoms with Crippen LogP contribution >= 0.6 is 0 Å². The summed E-state index contributed by atoms with van der Waals surface area (Å²) in [6.45, 7) is 3.53. The summed E-state index contributed by atoms with van der Waals surface area (Å²) in [6, 6.07) is 14.5. The molecular weight excluding hydrogens is 272 g/mol. The molecule has 0 bridgehead atoms. The lowest BCUT2D eigenvalue weighted by Crippen LogP contribution is -2.37. The average Bonchev–Trinajstić information content (AvgIpc) is 2.53. The van der Waals surface area contributed by atoms with Crippen LogP contribution in [0.15, 0.2) is 53.7 Å². The van der Waals surface area contributed by atoms with Gasteiger partial charge in [0.05, 0.1) is 6.54 Å². The largest absolute Gasteiger partial charge is 0.356 e. The summed E-state index contributed by atoms with van der Waals surface area (Å²) in [5.74, 6) is 0.906. The van der Waals surface area contributed by atoms with Crippen molar-refractivity contribution >= 4 is 5.96 Å². The Bertz CT molecular complexity index is 588. The maximum absolute atomic E-state index is 4.65. The van der Waals surface area contributed by atoms with Crippen LogP contribution in [0.4, 0.5) is 0 Å². The lowest BCUT2D eigenvalue weighted by Gasteiger charge is -2.17. The zero-order chi connectivity index (χ0) is 15.8. The number of hydrogen-bond donors (Lipinski definition) is 1. The van der Waals surface area contributed by atoms with Crippen LogP contribution in [-0.4, -0.2) is 36.5 Å². The number of benzene rings is 1. The lowest BCUT2D eigenvalue weighted by molar-refractivity contribution is 0.579. The highest BCUT2D eigenvalue weighted by Crippen LogP contribution is 2.02. The lowest BCUT2D eigenvalue weighted by atomic mass is 10.2. The molecule has 116 valence electrons. The van der Waals surface area contributed by atoms with Gasteiger partial charge in [0.1, 0.15) is 0 Å². The fourth-order valence-electron chi connectivity index (χ4n) is 2.07. The molecule has 0 saturated heterocycles. The predicted octanol–water partition coefficient (Wildman–Crippen LogP) is 2.64. The molecule has 0 spiro atoms. The number of hydrogen-bond acceptors (Lipinski definition) is 2. The molecule has 0 aliphatic heterocycles. The Labute approximate surface area is 132 Å². The molecule has 1 aromatic carbocycles. The van der Waals surface area contributed by atoms with Crippen LogP contribution < -0.4 is 5.32 Å². The molecule has 2 rings (SSSR count). The average molecular weight is 296 g/mol. The summed E-state index contributed by atoms with van der Waals surface area (Å²) in [4.78, 5) is 11.0. The number of aliphatic imine (C=N–C) groups is 1. The summed E-state index contributed by atoms with van der Waals surface area (Å²) in [5.41, 5.74) is 3.50. The molecule has 4 heteroatoms. The summed E-state index contributed by atoms with van der Waals surface area (Å²) in [6.07, 6.45) is 2.87. The van der Waals surface area contributed by atoms with Crippen molar-refractivity contribution in [2.75, 3.05) is 20.6 Å². The number of pyridine rings is 1. The number of rotatable bonds is 5. The van der Waals surface area contributed by atoms with E-state index < -0.39 is 0 Å². The number of nitrogens with zero attached hydrogens (tertiary/aromatic N) is 3. The van der Waals surface area contributed by atoms with Crippen LogP contribution in [0.25, 0.3) is 0 Å². The third-order valence-corrected chi connectivity index (χ3v) is 3.35. The summed E-state index contributed by atoms with van der Waals surface area (Å²) >= 11 is 0. The predicted molar refractivity (Wildman–Crippen MR) is 91.9 cm³/mol. The van der Waals surface area contributed by atoms with E-state index >= 15 is 0 Å². The molecule has 0 aliphatic rings. The minimum Gasteiger partial charge on any atom is -0.356 e. The van der Waals surface area contributed by atoms with Crippen molar-refractivity contribution in [3.05, 3.63) is 65.5 Å². The second kappa shape index (κ2) is 8.17. The zero-order valence-corrected chi connectivity index (χ0v) is 13.6. The zero-order valence-electron chi connectivity index (χ0n) is 13.6.